The number of rotatable bonds is 2. The molecule has 6 heteroatoms. The highest BCUT2D eigenvalue weighted by Gasteiger charge is 2.13. The molecule has 0 amide bonds. The molecule has 2 rings (SSSR count). The summed E-state index contributed by atoms with van der Waals surface area (Å²) in [5.41, 5.74) is 0.570. The summed E-state index contributed by atoms with van der Waals surface area (Å²) in [4.78, 5) is 14.0. The Labute approximate surface area is 93.0 Å². The number of nitro benzene ring substituents is 1. The summed E-state index contributed by atoms with van der Waals surface area (Å²) in [6.07, 6.45) is 2.90. The smallest absolute Gasteiger partial charge is 0.270 e. The first-order valence-electron chi connectivity index (χ1n) is 4.02. The van der Waals surface area contributed by atoms with Gasteiger partial charge in [-0.1, -0.05) is 0 Å². The summed E-state index contributed by atoms with van der Waals surface area (Å²) in [7, 11) is 0. The van der Waals surface area contributed by atoms with Crippen LogP contribution in [0.15, 0.2) is 39.5 Å². The van der Waals surface area contributed by atoms with Gasteiger partial charge in [0.1, 0.15) is 6.26 Å². The van der Waals surface area contributed by atoms with E-state index in [1.165, 1.54) is 24.6 Å². The number of non-ortho nitro benzene ring substituents is 1. The third-order valence-electron chi connectivity index (χ3n) is 1.82. The van der Waals surface area contributed by atoms with Gasteiger partial charge in [-0.15, -0.1) is 0 Å². The van der Waals surface area contributed by atoms with Crippen LogP contribution in [0.1, 0.15) is 0 Å². The molecule has 0 fully saturated rings. The van der Waals surface area contributed by atoms with E-state index in [9.17, 15) is 10.1 Å². The zero-order chi connectivity index (χ0) is 10.8. The molecule has 1 heterocycles. The molecule has 0 spiro atoms. The number of benzene rings is 1. The fourth-order valence-corrected chi connectivity index (χ4v) is 1.56. The molecule has 0 aliphatic carbocycles. The molecule has 1 aromatic carbocycles. The fourth-order valence-electron chi connectivity index (χ4n) is 1.15. The second kappa shape index (κ2) is 3.82. The lowest BCUT2D eigenvalue weighted by molar-refractivity contribution is -0.384. The Morgan fingerprint density at radius 2 is 2.27 bits per heavy atom. The normalized spacial score (nSPS) is 10.2. The van der Waals surface area contributed by atoms with Crippen LogP contribution in [-0.2, 0) is 0 Å². The topological polar surface area (TPSA) is 69.2 Å². The number of hydrogen-bond acceptors (Lipinski definition) is 4. The summed E-state index contributed by atoms with van der Waals surface area (Å²) in [6, 6.07) is 4.42. The molecule has 0 bridgehead atoms. The van der Waals surface area contributed by atoms with Crippen LogP contribution in [0.3, 0.4) is 0 Å². The van der Waals surface area contributed by atoms with Crippen molar-refractivity contribution in [3.63, 3.8) is 0 Å². The molecule has 76 valence electrons. The second-order valence-corrected chi connectivity index (χ2v) is 3.61. The lowest BCUT2D eigenvalue weighted by Crippen LogP contribution is -1.89. The summed E-state index contributed by atoms with van der Waals surface area (Å²) in [6.45, 7) is 0. The van der Waals surface area contributed by atoms with Gasteiger partial charge in [0, 0.05) is 16.6 Å². The standard InChI is InChI=1S/C9H5BrN2O3/c10-8-2-1-6(12(13)14)5-7(8)9-11-3-4-15-9/h1-5H. The maximum atomic E-state index is 10.6. The SMILES string of the molecule is O=[N+]([O-])c1ccc(Br)c(-c2ncco2)c1. The lowest BCUT2D eigenvalue weighted by Gasteiger charge is -1.99. The summed E-state index contributed by atoms with van der Waals surface area (Å²) >= 11 is 3.28. The van der Waals surface area contributed by atoms with Crippen molar-refractivity contribution in [1.29, 1.82) is 0 Å². The molecule has 1 aromatic heterocycles. The molecular weight excluding hydrogens is 264 g/mol. The van der Waals surface area contributed by atoms with E-state index in [1.807, 2.05) is 0 Å². The number of halogens is 1. The molecular formula is C9H5BrN2O3. The average molecular weight is 269 g/mol. The molecule has 2 aromatic rings. The molecule has 0 saturated heterocycles. The van der Waals surface area contributed by atoms with Gasteiger partial charge in [0.05, 0.1) is 16.7 Å². The van der Waals surface area contributed by atoms with Gasteiger partial charge in [-0.3, -0.25) is 10.1 Å². The van der Waals surface area contributed by atoms with Crippen molar-refractivity contribution in [3.8, 4) is 11.5 Å². The van der Waals surface area contributed by atoms with Gasteiger partial charge in [0.25, 0.3) is 5.69 Å². The summed E-state index contributed by atoms with van der Waals surface area (Å²) < 4.78 is 5.78. The van der Waals surface area contributed by atoms with Crippen LogP contribution in [0.2, 0.25) is 0 Å². The van der Waals surface area contributed by atoms with Crippen LogP contribution in [0, 0.1) is 10.1 Å². The van der Waals surface area contributed by atoms with Crippen molar-refractivity contribution < 1.29 is 9.34 Å². The van der Waals surface area contributed by atoms with Crippen molar-refractivity contribution in [3.05, 3.63) is 45.2 Å². The molecule has 0 radical (unpaired) electrons. The Hall–Kier alpha value is -1.69. The first-order valence-corrected chi connectivity index (χ1v) is 4.81. The first-order chi connectivity index (χ1) is 7.18. The van der Waals surface area contributed by atoms with E-state index in [2.05, 4.69) is 20.9 Å². The van der Waals surface area contributed by atoms with Crippen molar-refractivity contribution in [2.24, 2.45) is 0 Å². The first kappa shape index (κ1) is 9.85. The molecule has 0 aliphatic rings. The zero-order valence-electron chi connectivity index (χ0n) is 7.38. The minimum absolute atomic E-state index is 0.00593. The summed E-state index contributed by atoms with van der Waals surface area (Å²) in [5.74, 6) is 0.352. The van der Waals surface area contributed by atoms with Crippen LogP contribution >= 0.6 is 15.9 Å². The number of aromatic nitrogens is 1. The maximum Gasteiger partial charge on any atom is 0.270 e. The molecule has 0 unspecified atom stereocenters. The minimum atomic E-state index is -0.459. The van der Waals surface area contributed by atoms with E-state index in [0.29, 0.717) is 15.9 Å². The minimum Gasteiger partial charge on any atom is -0.444 e. The van der Waals surface area contributed by atoms with Gasteiger partial charge in [-0.2, -0.15) is 0 Å². The Morgan fingerprint density at radius 1 is 1.47 bits per heavy atom. The number of oxazole rings is 1. The van der Waals surface area contributed by atoms with Gasteiger partial charge < -0.3 is 4.42 Å². The lowest BCUT2D eigenvalue weighted by atomic mass is 10.2. The Balaban J connectivity index is 2.55. The highest BCUT2D eigenvalue weighted by atomic mass is 79.9. The van der Waals surface area contributed by atoms with Gasteiger partial charge in [0.15, 0.2) is 0 Å². The highest BCUT2D eigenvalue weighted by Crippen LogP contribution is 2.30. The van der Waals surface area contributed by atoms with Crippen LogP contribution in [0.25, 0.3) is 11.5 Å². The quantitative estimate of drug-likeness (QED) is 0.620. The monoisotopic (exact) mass is 268 g/mol. The van der Waals surface area contributed by atoms with E-state index >= 15 is 0 Å². The Bertz CT molecular complexity index is 496. The highest BCUT2D eigenvalue weighted by molar-refractivity contribution is 9.10. The van der Waals surface area contributed by atoms with Crippen molar-refractivity contribution in [1.82, 2.24) is 4.98 Å². The second-order valence-electron chi connectivity index (χ2n) is 2.76. The van der Waals surface area contributed by atoms with E-state index in [4.69, 9.17) is 4.42 Å². The van der Waals surface area contributed by atoms with Gasteiger partial charge in [-0.25, -0.2) is 4.98 Å². The number of nitrogens with zero attached hydrogens (tertiary/aromatic N) is 2. The molecule has 0 N–H and O–H groups in total. The third kappa shape index (κ3) is 1.89. The zero-order valence-corrected chi connectivity index (χ0v) is 8.97. The molecule has 5 nitrogen and oxygen atoms in total. The number of hydrogen-bond donors (Lipinski definition) is 0. The molecule has 0 saturated carbocycles. The van der Waals surface area contributed by atoms with Crippen LogP contribution in [0.5, 0.6) is 0 Å². The van der Waals surface area contributed by atoms with Crippen molar-refractivity contribution >= 4 is 21.6 Å². The van der Waals surface area contributed by atoms with Gasteiger partial charge in [0.2, 0.25) is 5.89 Å². The maximum absolute atomic E-state index is 10.6. The Kier molecular flexibility index (Phi) is 2.51. The molecule has 0 aliphatic heterocycles. The largest absolute Gasteiger partial charge is 0.444 e. The van der Waals surface area contributed by atoms with Crippen molar-refractivity contribution in [2.75, 3.05) is 0 Å². The third-order valence-corrected chi connectivity index (χ3v) is 2.51. The van der Waals surface area contributed by atoms with E-state index in [0.717, 1.165) is 0 Å². The summed E-state index contributed by atoms with van der Waals surface area (Å²) in [5, 5.41) is 10.6. The molecule has 0 atom stereocenters. The molecule has 15 heavy (non-hydrogen) atoms. The van der Waals surface area contributed by atoms with Crippen molar-refractivity contribution in [2.45, 2.75) is 0 Å². The fraction of sp³-hybridized carbons (Fsp3) is 0. The van der Waals surface area contributed by atoms with E-state index in [-0.39, 0.29) is 5.69 Å². The van der Waals surface area contributed by atoms with Crippen LogP contribution < -0.4 is 0 Å². The van der Waals surface area contributed by atoms with Crippen LogP contribution in [-0.4, -0.2) is 9.91 Å². The predicted octanol–water partition coefficient (Wildman–Crippen LogP) is 3.01. The Morgan fingerprint density at radius 3 is 2.87 bits per heavy atom. The van der Waals surface area contributed by atoms with Crippen LogP contribution in [0.4, 0.5) is 5.69 Å². The average Bonchev–Trinajstić information content (AvgIpc) is 2.71. The number of nitro groups is 1. The van der Waals surface area contributed by atoms with Gasteiger partial charge >= 0.3 is 0 Å². The predicted molar refractivity (Wildman–Crippen MR) is 56.3 cm³/mol. The van der Waals surface area contributed by atoms with E-state index < -0.39 is 4.92 Å². The van der Waals surface area contributed by atoms with Gasteiger partial charge in [-0.05, 0) is 22.0 Å². The van der Waals surface area contributed by atoms with E-state index in [1.54, 1.807) is 6.07 Å².